The largest absolute Gasteiger partial charge is 0.467 e. The normalized spacial score (nSPS) is 15.4. The number of carbonyl (C=O) groups is 3. The lowest BCUT2D eigenvalue weighted by Gasteiger charge is -2.29. The number of hydrogen-bond donors (Lipinski definition) is 2. The Morgan fingerprint density at radius 3 is 2.31 bits per heavy atom. The molecular weight excluding hydrogens is 442 g/mol. The molecule has 1 heterocycles. The number of esters is 1. The SMILES string of the molecule is CC[C@@H](C(=O)OC)N1C(=O)c2ccc(-c3ccc(NC(=O)Nc4cccc(C)c4)cc3)cc2[C@@H]1C. The highest BCUT2D eigenvalue weighted by atomic mass is 16.5. The molecule has 35 heavy (non-hydrogen) atoms. The second-order valence-electron chi connectivity index (χ2n) is 8.66. The van der Waals surface area contributed by atoms with Gasteiger partial charge in [-0.15, -0.1) is 0 Å². The van der Waals surface area contributed by atoms with Gasteiger partial charge in [-0.25, -0.2) is 9.59 Å². The summed E-state index contributed by atoms with van der Waals surface area (Å²) >= 11 is 0. The number of anilines is 2. The quantitative estimate of drug-likeness (QED) is 0.447. The molecule has 0 radical (unpaired) electrons. The fourth-order valence-electron chi connectivity index (χ4n) is 4.53. The summed E-state index contributed by atoms with van der Waals surface area (Å²) in [5.74, 6) is -0.564. The fraction of sp³-hybridized carbons (Fsp3) is 0.250. The Morgan fingerprint density at radius 2 is 1.66 bits per heavy atom. The van der Waals surface area contributed by atoms with Gasteiger partial charge in [0.25, 0.3) is 5.91 Å². The molecule has 0 aliphatic carbocycles. The van der Waals surface area contributed by atoms with Crippen LogP contribution in [0.3, 0.4) is 0 Å². The summed E-state index contributed by atoms with van der Waals surface area (Å²) in [5.41, 5.74) is 5.86. The van der Waals surface area contributed by atoms with Crippen LogP contribution in [0.15, 0.2) is 66.7 Å². The molecule has 0 aromatic heterocycles. The molecule has 2 N–H and O–H groups in total. The predicted octanol–water partition coefficient (Wildman–Crippen LogP) is 5.77. The molecule has 180 valence electrons. The average Bonchev–Trinajstić information content (AvgIpc) is 3.09. The molecule has 1 aliphatic rings. The Morgan fingerprint density at radius 1 is 0.971 bits per heavy atom. The third kappa shape index (κ3) is 4.89. The number of nitrogens with zero attached hydrogens (tertiary/aromatic N) is 1. The minimum absolute atomic E-state index is 0.157. The number of hydrogen-bond acceptors (Lipinski definition) is 4. The summed E-state index contributed by atoms with van der Waals surface area (Å²) in [7, 11) is 1.34. The lowest BCUT2D eigenvalue weighted by Crippen LogP contribution is -2.43. The molecule has 7 nitrogen and oxygen atoms in total. The van der Waals surface area contributed by atoms with E-state index in [0.29, 0.717) is 17.7 Å². The highest BCUT2D eigenvalue weighted by Gasteiger charge is 2.41. The van der Waals surface area contributed by atoms with Gasteiger partial charge in [0.1, 0.15) is 6.04 Å². The fourth-order valence-corrected chi connectivity index (χ4v) is 4.53. The van der Waals surface area contributed by atoms with E-state index in [1.165, 1.54) is 7.11 Å². The number of urea groups is 1. The van der Waals surface area contributed by atoms with E-state index in [4.69, 9.17) is 4.74 Å². The second kappa shape index (κ2) is 10.0. The molecule has 4 rings (SSSR count). The van der Waals surface area contributed by atoms with Gasteiger partial charge in [-0.05, 0) is 78.9 Å². The summed E-state index contributed by atoms with van der Waals surface area (Å²) in [6.45, 7) is 5.77. The topological polar surface area (TPSA) is 87.7 Å². The summed E-state index contributed by atoms with van der Waals surface area (Å²) < 4.78 is 4.91. The van der Waals surface area contributed by atoms with Crippen LogP contribution < -0.4 is 10.6 Å². The Bertz CT molecular complexity index is 1270. The highest BCUT2D eigenvalue weighted by molar-refractivity contribution is 6.02. The molecule has 3 aromatic carbocycles. The number of rotatable bonds is 6. The summed E-state index contributed by atoms with van der Waals surface area (Å²) in [6.07, 6.45) is 0.482. The van der Waals surface area contributed by atoms with Gasteiger partial charge in [0.05, 0.1) is 13.2 Å². The number of fused-ring (bicyclic) bond motifs is 1. The van der Waals surface area contributed by atoms with Crippen molar-refractivity contribution in [3.05, 3.63) is 83.4 Å². The van der Waals surface area contributed by atoms with Crippen molar-refractivity contribution in [2.45, 2.75) is 39.3 Å². The van der Waals surface area contributed by atoms with Crippen LogP contribution in [0.5, 0.6) is 0 Å². The van der Waals surface area contributed by atoms with E-state index in [1.54, 1.807) is 4.90 Å². The first-order chi connectivity index (χ1) is 16.8. The van der Waals surface area contributed by atoms with Crippen LogP contribution in [0.1, 0.15) is 47.8 Å². The molecule has 0 fully saturated rings. The zero-order chi connectivity index (χ0) is 25.1. The molecule has 3 aromatic rings. The first kappa shape index (κ1) is 24.0. The van der Waals surface area contributed by atoms with Crippen LogP contribution in [-0.2, 0) is 9.53 Å². The standard InChI is InChI=1S/C28H29N3O4/c1-5-25(27(33)35-4)31-18(3)24-16-20(11-14-23(24)26(31)32)19-9-12-21(13-10-19)29-28(34)30-22-8-6-7-17(2)15-22/h6-16,18,25H,5H2,1-4H3,(H2,29,30,34)/t18-,25-/m0/s1. The van der Waals surface area contributed by atoms with Crippen molar-refractivity contribution < 1.29 is 19.1 Å². The molecule has 2 atom stereocenters. The number of methoxy groups -OCH3 is 1. The van der Waals surface area contributed by atoms with Gasteiger partial charge in [0.2, 0.25) is 0 Å². The summed E-state index contributed by atoms with van der Waals surface area (Å²) in [4.78, 5) is 39.2. The molecule has 0 unspecified atom stereocenters. The highest BCUT2D eigenvalue weighted by Crippen LogP contribution is 2.38. The monoisotopic (exact) mass is 471 g/mol. The number of carbonyl (C=O) groups excluding carboxylic acids is 3. The molecule has 0 saturated heterocycles. The van der Waals surface area contributed by atoms with Gasteiger partial charge >= 0.3 is 12.0 Å². The molecule has 0 saturated carbocycles. The number of amides is 3. The van der Waals surface area contributed by atoms with Crippen molar-refractivity contribution in [1.82, 2.24) is 4.90 Å². The van der Waals surface area contributed by atoms with E-state index in [2.05, 4.69) is 10.6 Å². The first-order valence-corrected chi connectivity index (χ1v) is 11.6. The molecule has 0 spiro atoms. The van der Waals surface area contributed by atoms with Crippen molar-refractivity contribution in [3.63, 3.8) is 0 Å². The van der Waals surface area contributed by atoms with Crippen LogP contribution in [0, 0.1) is 6.92 Å². The lowest BCUT2D eigenvalue weighted by atomic mass is 9.98. The van der Waals surface area contributed by atoms with E-state index in [9.17, 15) is 14.4 Å². The Labute approximate surface area is 205 Å². The average molecular weight is 472 g/mol. The number of ether oxygens (including phenoxy) is 1. The summed E-state index contributed by atoms with van der Waals surface area (Å²) in [5, 5.41) is 5.66. The van der Waals surface area contributed by atoms with Crippen LogP contribution in [0.4, 0.5) is 16.2 Å². The van der Waals surface area contributed by atoms with Gasteiger partial charge < -0.3 is 20.3 Å². The molecular formula is C28H29N3O4. The van der Waals surface area contributed by atoms with Crippen molar-refractivity contribution in [3.8, 4) is 11.1 Å². The maximum absolute atomic E-state index is 13.0. The van der Waals surface area contributed by atoms with Crippen LogP contribution >= 0.6 is 0 Å². The van der Waals surface area contributed by atoms with Crippen LogP contribution in [0.25, 0.3) is 11.1 Å². The van der Waals surface area contributed by atoms with Crippen molar-refractivity contribution in [2.75, 3.05) is 17.7 Å². The van der Waals surface area contributed by atoms with Crippen molar-refractivity contribution in [2.24, 2.45) is 0 Å². The summed E-state index contributed by atoms with van der Waals surface area (Å²) in [6, 6.07) is 19.7. The van der Waals surface area contributed by atoms with Gasteiger partial charge in [-0.3, -0.25) is 4.79 Å². The molecule has 3 amide bonds. The van der Waals surface area contributed by atoms with E-state index in [0.717, 1.165) is 27.9 Å². The van der Waals surface area contributed by atoms with E-state index < -0.39 is 12.0 Å². The minimum Gasteiger partial charge on any atom is -0.467 e. The maximum Gasteiger partial charge on any atom is 0.328 e. The van der Waals surface area contributed by atoms with E-state index in [-0.39, 0.29) is 18.0 Å². The van der Waals surface area contributed by atoms with Gasteiger partial charge in [-0.2, -0.15) is 0 Å². The Balaban J connectivity index is 1.49. The lowest BCUT2D eigenvalue weighted by molar-refractivity contribution is -0.146. The van der Waals surface area contributed by atoms with Gasteiger partial charge in [-0.1, -0.05) is 37.3 Å². The third-order valence-electron chi connectivity index (χ3n) is 6.33. The smallest absolute Gasteiger partial charge is 0.328 e. The third-order valence-corrected chi connectivity index (χ3v) is 6.33. The van der Waals surface area contributed by atoms with Crippen molar-refractivity contribution >= 4 is 29.3 Å². The van der Waals surface area contributed by atoms with Gasteiger partial charge in [0.15, 0.2) is 0 Å². The predicted molar refractivity (Wildman–Crippen MR) is 136 cm³/mol. The maximum atomic E-state index is 13.0. The Hall–Kier alpha value is -4.13. The van der Waals surface area contributed by atoms with Gasteiger partial charge in [0, 0.05) is 16.9 Å². The number of nitrogens with one attached hydrogen (secondary N) is 2. The minimum atomic E-state index is -0.616. The number of benzene rings is 3. The second-order valence-corrected chi connectivity index (χ2v) is 8.66. The molecule has 1 aliphatic heterocycles. The van der Waals surface area contributed by atoms with Crippen molar-refractivity contribution in [1.29, 1.82) is 0 Å². The first-order valence-electron chi connectivity index (χ1n) is 11.6. The van der Waals surface area contributed by atoms with E-state index >= 15 is 0 Å². The zero-order valence-electron chi connectivity index (χ0n) is 20.3. The van der Waals surface area contributed by atoms with E-state index in [1.807, 2.05) is 87.5 Å². The zero-order valence-corrected chi connectivity index (χ0v) is 20.3. The number of aryl methyl sites for hydroxylation is 1. The molecule has 0 bridgehead atoms. The van der Waals surface area contributed by atoms with Crippen LogP contribution in [0.2, 0.25) is 0 Å². The Kier molecular flexibility index (Phi) is 6.87. The molecule has 7 heteroatoms. The van der Waals surface area contributed by atoms with Crippen LogP contribution in [-0.4, -0.2) is 36.0 Å².